The van der Waals surface area contributed by atoms with E-state index in [1.807, 2.05) is 30.3 Å². The van der Waals surface area contributed by atoms with Crippen molar-refractivity contribution >= 4 is 30.2 Å². The van der Waals surface area contributed by atoms with Crippen LogP contribution in [0.5, 0.6) is 5.75 Å². The second kappa shape index (κ2) is 7.46. The molecule has 0 saturated heterocycles. The van der Waals surface area contributed by atoms with Crippen molar-refractivity contribution in [1.82, 2.24) is 0 Å². The molecule has 0 heterocycles. The van der Waals surface area contributed by atoms with Gasteiger partial charge in [0.15, 0.2) is 0 Å². The number of ether oxygens (including phenoxy) is 1. The van der Waals surface area contributed by atoms with Crippen molar-refractivity contribution in [3.8, 4) is 5.75 Å². The molecule has 0 bridgehead atoms. The molecule has 2 nitrogen and oxygen atoms in total. The van der Waals surface area contributed by atoms with Crippen molar-refractivity contribution in [2.75, 3.05) is 6.61 Å². The van der Waals surface area contributed by atoms with E-state index >= 15 is 0 Å². The topological polar surface area (TPSA) is 29.5 Å². The van der Waals surface area contributed by atoms with Gasteiger partial charge in [-0.1, -0.05) is 0 Å². The maximum absolute atomic E-state index is 10.1. The number of para-hydroxylation sites is 1. The molecule has 0 aliphatic rings. The van der Waals surface area contributed by atoms with Crippen LogP contribution in [0.3, 0.4) is 0 Å². The first kappa shape index (κ1) is 15.1. The molecular formula is C19H18O2Se. The molecule has 3 aromatic rings. The summed E-state index contributed by atoms with van der Waals surface area (Å²) in [4.78, 5) is 0. The third kappa shape index (κ3) is 3.89. The van der Waals surface area contributed by atoms with Crippen LogP contribution in [-0.2, 0) is 0 Å². The zero-order valence-corrected chi connectivity index (χ0v) is 13.9. The molecule has 0 aliphatic carbocycles. The quantitative estimate of drug-likeness (QED) is 0.688. The van der Waals surface area contributed by atoms with Crippen molar-refractivity contribution in [3.63, 3.8) is 0 Å². The monoisotopic (exact) mass is 358 g/mol. The Bertz CT molecular complexity index is 722. The molecule has 0 amide bonds. The summed E-state index contributed by atoms with van der Waals surface area (Å²) in [5.74, 6) is 0.805. The van der Waals surface area contributed by atoms with Crippen molar-refractivity contribution in [2.24, 2.45) is 0 Å². The summed E-state index contributed by atoms with van der Waals surface area (Å²) in [7, 11) is 0. The Morgan fingerprint density at radius 2 is 1.59 bits per heavy atom. The van der Waals surface area contributed by atoms with Gasteiger partial charge in [0.05, 0.1) is 0 Å². The number of fused-ring (bicyclic) bond motifs is 1. The third-order valence-corrected chi connectivity index (χ3v) is 5.92. The molecule has 0 aromatic heterocycles. The van der Waals surface area contributed by atoms with Crippen LogP contribution in [0.4, 0.5) is 0 Å². The Kier molecular flexibility index (Phi) is 5.12. The molecule has 0 aliphatic heterocycles. The van der Waals surface area contributed by atoms with Gasteiger partial charge >= 0.3 is 137 Å². The fourth-order valence-corrected chi connectivity index (χ4v) is 4.33. The SMILES string of the molecule is OC(COc1ccccc1)C[Se]c1cccc2ccccc12. The first-order valence-electron chi connectivity index (χ1n) is 7.29. The van der Waals surface area contributed by atoms with E-state index in [2.05, 4.69) is 42.5 Å². The van der Waals surface area contributed by atoms with Gasteiger partial charge < -0.3 is 0 Å². The van der Waals surface area contributed by atoms with E-state index in [1.165, 1.54) is 15.2 Å². The van der Waals surface area contributed by atoms with Gasteiger partial charge in [0, 0.05) is 0 Å². The summed E-state index contributed by atoms with van der Waals surface area (Å²) in [5, 5.41) is 13.4. The number of benzene rings is 3. The van der Waals surface area contributed by atoms with Gasteiger partial charge in [-0.15, -0.1) is 0 Å². The average Bonchev–Trinajstić information content (AvgIpc) is 2.59. The standard InChI is InChI=1S/C19H18O2Se/c20-16(13-21-17-9-2-1-3-10-17)14-22-19-12-6-8-15-7-4-5-11-18(15)19/h1-12,16,20H,13-14H2. The average molecular weight is 357 g/mol. The van der Waals surface area contributed by atoms with E-state index in [0.29, 0.717) is 6.61 Å². The van der Waals surface area contributed by atoms with Crippen LogP contribution < -0.4 is 9.20 Å². The molecule has 22 heavy (non-hydrogen) atoms. The summed E-state index contributed by atoms with van der Waals surface area (Å²) in [6.07, 6.45) is -0.431. The second-order valence-electron chi connectivity index (χ2n) is 5.07. The Labute approximate surface area is 136 Å². The minimum absolute atomic E-state index is 0.236. The van der Waals surface area contributed by atoms with Crippen LogP contribution in [0.25, 0.3) is 10.8 Å². The van der Waals surface area contributed by atoms with Crippen LogP contribution in [0.15, 0.2) is 72.8 Å². The Morgan fingerprint density at radius 1 is 0.864 bits per heavy atom. The van der Waals surface area contributed by atoms with Crippen LogP contribution in [0.2, 0.25) is 5.32 Å². The van der Waals surface area contributed by atoms with Crippen molar-refractivity contribution < 1.29 is 9.84 Å². The number of aliphatic hydroxyl groups is 1. The number of aliphatic hydroxyl groups excluding tert-OH is 1. The molecular weight excluding hydrogens is 339 g/mol. The molecule has 3 aromatic carbocycles. The summed E-state index contributed by atoms with van der Waals surface area (Å²) in [6.45, 7) is 0.344. The summed E-state index contributed by atoms with van der Waals surface area (Å²) >= 11 is 0.236. The molecule has 0 spiro atoms. The van der Waals surface area contributed by atoms with E-state index in [4.69, 9.17) is 4.74 Å². The van der Waals surface area contributed by atoms with Gasteiger partial charge in [-0.25, -0.2) is 0 Å². The van der Waals surface area contributed by atoms with Gasteiger partial charge in [-0.3, -0.25) is 0 Å². The molecule has 0 fully saturated rings. The predicted molar refractivity (Wildman–Crippen MR) is 92.1 cm³/mol. The number of hydrogen-bond acceptors (Lipinski definition) is 2. The zero-order chi connectivity index (χ0) is 15.2. The Morgan fingerprint density at radius 3 is 2.45 bits per heavy atom. The molecule has 1 unspecified atom stereocenters. The van der Waals surface area contributed by atoms with E-state index in [1.54, 1.807) is 0 Å². The summed E-state index contributed by atoms with van der Waals surface area (Å²) < 4.78 is 6.94. The van der Waals surface area contributed by atoms with Crippen molar-refractivity contribution in [3.05, 3.63) is 72.8 Å². The minimum atomic E-state index is -0.431. The van der Waals surface area contributed by atoms with E-state index in [0.717, 1.165) is 11.1 Å². The molecule has 3 heteroatoms. The van der Waals surface area contributed by atoms with Gasteiger partial charge in [-0.05, 0) is 0 Å². The molecule has 3 rings (SSSR count). The van der Waals surface area contributed by atoms with E-state index in [-0.39, 0.29) is 15.0 Å². The van der Waals surface area contributed by atoms with E-state index < -0.39 is 6.10 Å². The van der Waals surface area contributed by atoms with Gasteiger partial charge in [0.25, 0.3) is 0 Å². The third-order valence-electron chi connectivity index (χ3n) is 3.37. The Hall–Kier alpha value is -1.80. The molecule has 112 valence electrons. The van der Waals surface area contributed by atoms with Crippen LogP contribution in [0.1, 0.15) is 0 Å². The first-order valence-corrected chi connectivity index (χ1v) is 9.36. The van der Waals surface area contributed by atoms with Crippen molar-refractivity contribution in [2.45, 2.75) is 11.4 Å². The van der Waals surface area contributed by atoms with Crippen LogP contribution in [0, 0.1) is 0 Å². The van der Waals surface area contributed by atoms with Crippen LogP contribution in [-0.4, -0.2) is 32.8 Å². The van der Waals surface area contributed by atoms with Crippen LogP contribution >= 0.6 is 0 Å². The summed E-state index contributed by atoms with van der Waals surface area (Å²) in [5.41, 5.74) is 0. The first-order chi connectivity index (χ1) is 10.8. The molecule has 0 saturated carbocycles. The number of hydrogen-bond donors (Lipinski definition) is 1. The zero-order valence-electron chi connectivity index (χ0n) is 12.2. The molecule has 1 N–H and O–H groups in total. The van der Waals surface area contributed by atoms with Crippen molar-refractivity contribution in [1.29, 1.82) is 0 Å². The normalized spacial score (nSPS) is 12.2. The maximum atomic E-state index is 10.1. The van der Waals surface area contributed by atoms with Gasteiger partial charge in [0.2, 0.25) is 0 Å². The number of rotatable bonds is 6. The van der Waals surface area contributed by atoms with Gasteiger partial charge in [0.1, 0.15) is 0 Å². The summed E-state index contributed by atoms with van der Waals surface area (Å²) in [6, 6.07) is 24.4. The van der Waals surface area contributed by atoms with E-state index in [9.17, 15) is 5.11 Å². The fourth-order valence-electron chi connectivity index (χ4n) is 2.26. The van der Waals surface area contributed by atoms with Gasteiger partial charge in [-0.2, -0.15) is 0 Å². The predicted octanol–water partition coefficient (Wildman–Crippen LogP) is 3.03. The second-order valence-corrected chi connectivity index (χ2v) is 7.29. The fraction of sp³-hybridized carbons (Fsp3) is 0.158. The molecule has 1 atom stereocenters. The molecule has 0 radical (unpaired) electrons. The Balaban J connectivity index is 1.57.